The fourth-order valence-corrected chi connectivity index (χ4v) is 1.19. The van der Waals surface area contributed by atoms with Gasteiger partial charge in [0.25, 0.3) is 0 Å². The summed E-state index contributed by atoms with van der Waals surface area (Å²) in [6.45, 7) is 8.60. The van der Waals surface area contributed by atoms with Crippen LogP contribution in [0.4, 0.5) is 4.79 Å². The van der Waals surface area contributed by atoms with Gasteiger partial charge < -0.3 is 24.6 Å². The Kier molecular flexibility index (Phi) is 7.58. The Morgan fingerprint density at radius 1 is 1.50 bits per heavy atom. The van der Waals surface area contributed by atoms with Crippen LogP contribution in [0.3, 0.4) is 0 Å². The lowest BCUT2D eigenvalue weighted by Gasteiger charge is -2.26. The first-order valence-corrected chi connectivity index (χ1v) is 5.67. The number of ether oxygens (including phenoxy) is 3. The molecule has 18 heavy (non-hydrogen) atoms. The van der Waals surface area contributed by atoms with Gasteiger partial charge in [-0.2, -0.15) is 0 Å². The number of aliphatic hydroxyl groups is 1. The van der Waals surface area contributed by atoms with Crippen LogP contribution in [0.1, 0.15) is 20.8 Å². The molecule has 0 aliphatic heterocycles. The summed E-state index contributed by atoms with van der Waals surface area (Å²) in [4.78, 5) is 11.6. The number of carbonyl (C=O) groups is 1. The molecule has 6 nitrogen and oxygen atoms in total. The molecule has 106 valence electrons. The molecule has 6 heteroatoms. The number of nitrogens with one attached hydrogen (secondary N) is 1. The number of aliphatic hydroxyl groups excluding tert-OH is 1. The second-order valence-corrected chi connectivity index (χ2v) is 4.71. The Hall–Kier alpha value is -1.11. The Morgan fingerprint density at radius 3 is 2.50 bits per heavy atom. The minimum Gasteiger partial charge on any atom is -0.444 e. The minimum absolute atomic E-state index is 0.0448. The summed E-state index contributed by atoms with van der Waals surface area (Å²) in [5.41, 5.74) is -0.596. The molecule has 0 aromatic carbocycles. The molecule has 1 amide bonds. The van der Waals surface area contributed by atoms with Crippen molar-refractivity contribution in [1.82, 2.24) is 5.32 Å². The molecule has 0 aliphatic rings. The van der Waals surface area contributed by atoms with Crippen LogP contribution in [-0.4, -0.2) is 49.5 Å². The molecule has 0 aromatic heterocycles. The topological polar surface area (TPSA) is 77.0 Å². The third kappa shape index (κ3) is 7.26. The van der Waals surface area contributed by atoms with E-state index < -0.39 is 23.8 Å². The van der Waals surface area contributed by atoms with Crippen molar-refractivity contribution < 1.29 is 24.1 Å². The lowest BCUT2D eigenvalue weighted by molar-refractivity contribution is -0.0711. The van der Waals surface area contributed by atoms with Crippen LogP contribution in [-0.2, 0) is 14.2 Å². The van der Waals surface area contributed by atoms with Crippen molar-refractivity contribution in [3.63, 3.8) is 0 Å². The average molecular weight is 261 g/mol. The lowest BCUT2D eigenvalue weighted by Crippen LogP contribution is -2.48. The number of rotatable bonds is 7. The number of hydrogen-bond donors (Lipinski definition) is 2. The maximum atomic E-state index is 11.6. The fraction of sp³-hybridized carbons (Fsp3) is 0.750. The van der Waals surface area contributed by atoms with Gasteiger partial charge in [0.1, 0.15) is 18.5 Å². The second-order valence-electron chi connectivity index (χ2n) is 4.71. The van der Waals surface area contributed by atoms with Crippen LogP contribution in [0.15, 0.2) is 12.7 Å². The van der Waals surface area contributed by atoms with E-state index in [2.05, 4.69) is 11.9 Å². The van der Waals surface area contributed by atoms with Crippen molar-refractivity contribution in [2.45, 2.75) is 38.5 Å². The number of methoxy groups -OCH3 is 1. The highest BCUT2D eigenvalue weighted by Crippen LogP contribution is 2.08. The van der Waals surface area contributed by atoms with Crippen LogP contribution in [0.2, 0.25) is 0 Å². The zero-order valence-corrected chi connectivity index (χ0v) is 11.4. The molecule has 0 unspecified atom stereocenters. The van der Waals surface area contributed by atoms with Crippen LogP contribution in [0.25, 0.3) is 0 Å². The normalized spacial score (nSPS) is 14.7. The molecule has 0 rings (SSSR count). The summed E-state index contributed by atoms with van der Waals surface area (Å²) in [7, 11) is 1.48. The summed E-state index contributed by atoms with van der Waals surface area (Å²) < 4.78 is 15.1. The van der Waals surface area contributed by atoms with Crippen molar-refractivity contribution in [3.05, 3.63) is 12.7 Å². The third-order valence-electron chi connectivity index (χ3n) is 1.91. The smallest absolute Gasteiger partial charge is 0.408 e. The van der Waals surface area contributed by atoms with Gasteiger partial charge in [-0.3, -0.25) is 0 Å². The van der Waals surface area contributed by atoms with Crippen LogP contribution >= 0.6 is 0 Å². The van der Waals surface area contributed by atoms with Gasteiger partial charge >= 0.3 is 6.09 Å². The van der Waals surface area contributed by atoms with E-state index in [0.29, 0.717) is 0 Å². The van der Waals surface area contributed by atoms with E-state index in [9.17, 15) is 9.90 Å². The average Bonchev–Trinajstić information content (AvgIpc) is 2.25. The van der Waals surface area contributed by atoms with E-state index in [-0.39, 0.29) is 13.4 Å². The van der Waals surface area contributed by atoms with Crippen molar-refractivity contribution in [2.75, 3.05) is 20.5 Å². The highest BCUT2D eigenvalue weighted by Gasteiger charge is 2.24. The summed E-state index contributed by atoms with van der Waals surface area (Å²) >= 11 is 0. The largest absolute Gasteiger partial charge is 0.444 e. The monoisotopic (exact) mass is 261 g/mol. The molecule has 0 saturated heterocycles. The van der Waals surface area contributed by atoms with Gasteiger partial charge in [0.05, 0.1) is 12.6 Å². The summed E-state index contributed by atoms with van der Waals surface area (Å²) in [6.07, 6.45) is 0.314. The van der Waals surface area contributed by atoms with Crippen molar-refractivity contribution in [1.29, 1.82) is 0 Å². The molecule has 2 N–H and O–H groups in total. The van der Waals surface area contributed by atoms with E-state index in [1.807, 2.05) is 0 Å². The molecule has 0 aliphatic carbocycles. The van der Waals surface area contributed by atoms with Crippen LogP contribution in [0.5, 0.6) is 0 Å². The number of amides is 1. The van der Waals surface area contributed by atoms with Crippen LogP contribution in [0, 0.1) is 0 Å². The van der Waals surface area contributed by atoms with Gasteiger partial charge in [0.2, 0.25) is 0 Å². The van der Waals surface area contributed by atoms with Crippen LogP contribution < -0.4 is 5.32 Å². The zero-order valence-electron chi connectivity index (χ0n) is 11.4. The first-order valence-electron chi connectivity index (χ1n) is 5.67. The number of alkyl carbamates (subject to hydrolysis) is 1. The Labute approximate surface area is 108 Å². The van der Waals surface area contributed by atoms with E-state index in [1.54, 1.807) is 20.8 Å². The molecule has 0 aromatic rings. The standard InChI is InChI=1S/C12H23NO5/c1-6-10(17-8-16-5)9(7-14)13-11(15)18-12(2,3)4/h6,9-10,14H,1,7-8H2,2-5H3,(H,13,15)/t9-,10-/m1/s1. The molecule has 0 heterocycles. The SMILES string of the molecule is C=C[C@@H](OCOC)[C@@H](CO)NC(=O)OC(C)(C)C. The van der Waals surface area contributed by atoms with Gasteiger partial charge in [-0.05, 0) is 20.8 Å². The first kappa shape index (κ1) is 16.9. The maximum absolute atomic E-state index is 11.6. The summed E-state index contributed by atoms with van der Waals surface area (Å²) in [6, 6.07) is -0.632. The molecular weight excluding hydrogens is 238 g/mol. The zero-order chi connectivity index (χ0) is 14.2. The predicted octanol–water partition coefficient (Wildman–Crippen LogP) is 1.05. The fourth-order valence-electron chi connectivity index (χ4n) is 1.19. The van der Waals surface area contributed by atoms with E-state index >= 15 is 0 Å². The van der Waals surface area contributed by atoms with Gasteiger partial charge in [-0.15, -0.1) is 6.58 Å². The van der Waals surface area contributed by atoms with E-state index in [4.69, 9.17) is 14.2 Å². The summed E-state index contributed by atoms with van der Waals surface area (Å²) in [5.74, 6) is 0. The van der Waals surface area contributed by atoms with Gasteiger partial charge in [0, 0.05) is 7.11 Å². The number of carbonyl (C=O) groups excluding carboxylic acids is 1. The third-order valence-corrected chi connectivity index (χ3v) is 1.91. The first-order chi connectivity index (χ1) is 8.34. The molecular formula is C12H23NO5. The maximum Gasteiger partial charge on any atom is 0.408 e. The molecule has 0 bridgehead atoms. The minimum atomic E-state index is -0.632. The Balaban J connectivity index is 4.38. The Morgan fingerprint density at radius 2 is 2.11 bits per heavy atom. The van der Waals surface area contributed by atoms with Crippen molar-refractivity contribution in [2.24, 2.45) is 0 Å². The van der Waals surface area contributed by atoms with Gasteiger partial charge in [-0.25, -0.2) is 4.79 Å². The molecule has 0 spiro atoms. The molecule has 0 saturated carbocycles. The Bertz CT molecular complexity index is 262. The number of hydrogen-bond acceptors (Lipinski definition) is 5. The quantitative estimate of drug-likeness (QED) is 0.529. The molecule has 0 fully saturated rings. The lowest BCUT2D eigenvalue weighted by atomic mass is 10.1. The second kappa shape index (κ2) is 8.07. The molecule has 0 radical (unpaired) electrons. The predicted molar refractivity (Wildman–Crippen MR) is 67.2 cm³/mol. The van der Waals surface area contributed by atoms with Gasteiger partial charge in [0.15, 0.2) is 0 Å². The van der Waals surface area contributed by atoms with E-state index in [0.717, 1.165) is 0 Å². The highest BCUT2D eigenvalue weighted by molar-refractivity contribution is 5.68. The van der Waals surface area contributed by atoms with Crippen molar-refractivity contribution >= 4 is 6.09 Å². The van der Waals surface area contributed by atoms with Gasteiger partial charge in [-0.1, -0.05) is 6.08 Å². The molecule has 2 atom stereocenters. The summed E-state index contributed by atoms with van der Waals surface area (Å²) in [5, 5.41) is 11.8. The van der Waals surface area contributed by atoms with E-state index in [1.165, 1.54) is 13.2 Å². The van der Waals surface area contributed by atoms with Crippen molar-refractivity contribution in [3.8, 4) is 0 Å². The highest BCUT2D eigenvalue weighted by atomic mass is 16.7.